The second-order valence-corrected chi connectivity index (χ2v) is 6.04. The number of amides is 1. The van der Waals surface area contributed by atoms with Gasteiger partial charge in [-0.15, -0.1) is 11.8 Å². The molecule has 0 bridgehead atoms. The summed E-state index contributed by atoms with van der Waals surface area (Å²) in [6.45, 7) is 0.662. The average molecular weight is 315 g/mol. The molecule has 2 rings (SSSR count). The highest BCUT2D eigenvalue weighted by molar-refractivity contribution is 9.10. The molecule has 1 aliphatic heterocycles. The van der Waals surface area contributed by atoms with Crippen LogP contribution in [-0.4, -0.2) is 35.5 Å². The molecule has 92 valence electrons. The first-order chi connectivity index (χ1) is 8.16. The number of thioether (sulfide) groups is 1. The first-order valence-electron chi connectivity index (χ1n) is 5.47. The van der Waals surface area contributed by atoms with Gasteiger partial charge in [0.25, 0.3) is 0 Å². The number of rotatable bonds is 3. The minimum Gasteiger partial charge on any atom is -0.340 e. The van der Waals surface area contributed by atoms with Gasteiger partial charge < -0.3 is 4.90 Å². The first-order valence-corrected chi connectivity index (χ1v) is 7.42. The Kier molecular flexibility index (Phi) is 4.48. The van der Waals surface area contributed by atoms with Crippen molar-refractivity contribution in [2.45, 2.75) is 12.6 Å². The number of hydrogen-bond acceptors (Lipinski definition) is 3. The Hall–Kier alpha value is -0.520. The Morgan fingerprint density at radius 2 is 2.24 bits per heavy atom. The average Bonchev–Trinajstić information content (AvgIpc) is 2.84. The van der Waals surface area contributed by atoms with Crippen molar-refractivity contribution < 1.29 is 4.79 Å². The topological polar surface area (TPSA) is 32.3 Å². The molecule has 0 spiro atoms. The molecule has 1 heterocycles. The summed E-state index contributed by atoms with van der Waals surface area (Å²) in [6, 6.07) is 8.05. The summed E-state index contributed by atoms with van der Waals surface area (Å²) < 4.78 is 1.06. The van der Waals surface area contributed by atoms with E-state index in [-0.39, 0.29) is 11.9 Å². The van der Waals surface area contributed by atoms with Crippen molar-refractivity contribution in [3.63, 3.8) is 0 Å². The zero-order valence-electron chi connectivity index (χ0n) is 9.65. The van der Waals surface area contributed by atoms with E-state index in [0.29, 0.717) is 6.54 Å². The second kappa shape index (κ2) is 5.89. The van der Waals surface area contributed by atoms with Gasteiger partial charge in [0.05, 0.1) is 6.04 Å². The van der Waals surface area contributed by atoms with Crippen molar-refractivity contribution in [3.8, 4) is 0 Å². The second-order valence-electron chi connectivity index (χ2n) is 4.09. The highest BCUT2D eigenvalue weighted by Crippen LogP contribution is 2.14. The van der Waals surface area contributed by atoms with Gasteiger partial charge in [-0.25, -0.2) is 0 Å². The molecule has 1 amide bonds. The SMILES string of the molecule is CN(Cc1ccc(Br)cc1)C(=O)C1CSCN1. The fraction of sp³-hybridized carbons (Fsp3) is 0.417. The van der Waals surface area contributed by atoms with E-state index in [9.17, 15) is 4.79 Å². The third-order valence-corrected chi connectivity index (χ3v) is 4.19. The maximum absolute atomic E-state index is 12.1. The van der Waals surface area contributed by atoms with Gasteiger partial charge in [0.2, 0.25) is 5.91 Å². The van der Waals surface area contributed by atoms with Crippen molar-refractivity contribution in [1.29, 1.82) is 0 Å². The molecule has 0 radical (unpaired) electrons. The van der Waals surface area contributed by atoms with Crippen LogP contribution in [-0.2, 0) is 11.3 Å². The molecule has 1 atom stereocenters. The molecule has 5 heteroatoms. The van der Waals surface area contributed by atoms with Crippen LogP contribution in [0.25, 0.3) is 0 Å². The summed E-state index contributed by atoms with van der Waals surface area (Å²) in [5.74, 6) is 1.93. The smallest absolute Gasteiger partial charge is 0.240 e. The molecule has 0 saturated carbocycles. The van der Waals surface area contributed by atoms with Crippen molar-refractivity contribution in [2.24, 2.45) is 0 Å². The molecular weight excluding hydrogens is 300 g/mol. The number of carbonyl (C=O) groups is 1. The number of nitrogens with one attached hydrogen (secondary N) is 1. The lowest BCUT2D eigenvalue weighted by Crippen LogP contribution is -2.42. The van der Waals surface area contributed by atoms with E-state index in [4.69, 9.17) is 0 Å². The summed E-state index contributed by atoms with van der Waals surface area (Å²) in [5.41, 5.74) is 1.15. The zero-order chi connectivity index (χ0) is 12.3. The molecule has 1 fully saturated rings. The Morgan fingerprint density at radius 3 is 2.82 bits per heavy atom. The summed E-state index contributed by atoms with van der Waals surface area (Å²) >= 11 is 5.17. The molecular formula is C12H15BrN2OS. The van der Waals surface area contributed by atoms with Crippen LogP contribution in [0.5, 0.6) is 0 Å². The van der Waals surface area contributed by atoms with Crippen LogP contribution in [0.4, 0.5) is 0 Å². The van der Waals surface area contributed by atoms with Crippen LogP contribution >= 0.6 is 27.7 Å². The van der Waals surface area contributed by atoms with Crippen LogP contribution in [0, 0.1) is 0 Å². The number of carbonyl (C=O) groups excluding carboxylic acids is 1. The first kappa shape index (κ1) is 12.9. The Balaban J connectivity index is 1.93. The largest absolute Gasteiger partial charge is 0.340 e. The van der Waals surface area contributed by atoms with Gasteiger partial charge in [0, 0.05) is 29.7 Å². The van der Waals surface area contributed by atoms with Gasteiger partial charge >= 0.3 is 0 Å². The van der Waals surface area contributed by atoms with Crippen LogP contribution in [0.3, 0.4) is 0 Å². The van der Waals surface area contributed by atoms with E-state index < -0.39 is 0 Å². The van der Waals surface area contributed by atoms with Crippen LogP contribution in [0.2, 0.25) is 0 Å². The molecule has 3 nitrogen and oxygen atoms in total. The van der Waals surface area contributed by atoms with Crippen LogP contribution < -0.4 is 5.32 Å². The lowest BCUT2D eigenvalue weighted by molar-refractivity contribution is -0.131. The number of benzene rings is 1. The predicted octanol–water partition coefficient (Wildman–Crippen LogP) is 2.07. The highest BCUT2D eigenvalue weighted by Gasteiger charge is 2.25. The van der Waals surface area contributed by atoms with Gasteiger partial charge in [-0.3, -0.25) is 10.1 Å². The lowest BCUT2D eigenvalue weighted by Gasteiger charge is -2.20. The van der Waals surface area contributed by atoms with Gasteiger partial charge in [0.1, 0.15) is 0 Å². The van der Waals surface area contributed by atoms with E-state index in [1.165, 1.54) is 0 Å². The Bertz CT molecular complexity index is 390. The zero-order valence-corrected chi connectivity index (χ0v) is 12.1. The third kappa shape index (κ3) is 3.47. The van der Waals surface area contributed by atoms with E-state index >= 15 is 0 Å². The fourth-order valence-corrected chi connectivity index (χ4v) is 2.96. The molecule has 1 unspecified atom stereocenters. The maximum Gasteiger partial charge on any atom is 0.240 e. The minimum atomic E-state index is -0.0135. The van der Waals surface area contributed by atoms with E-state index in [0.717, 1.165) is 21.7 Å². The van der Waals surface area contributed by atoms with Crippen LogP contribution in [0.1, 0.15) is 5.56 Å². The number of hydrogen-bond donors (Lipinski definition) is 1. The predicted molar refractivity (Wildman–Crippen MR) is 74.9 cm³/mol. The van der Waals surface area contributed by atoms with Gasteiger partial charge in [0.15, 0.2) is 0 Å². The fourth-order valence-electron chi connectivity index (χ4n) is 1.76. The summed E-state index contributed by atoms with van der Waals surface area (Å²) in [6.07, 6.45) is 0. The summed E-state index contributed by atoms with van der Waals surface area (Å²) in [4.78, 5) is 13.8. The quantitative estimate of drug-likeness (QED) is 0.927. The summed E-state index contributed by atoms with van der Waals surface area (Å²) in [7, 11) is 1.86. The van der Waals surface area contributed by atoms with E-state index in [1.54, 1.807) is 16.7 Å². The van der Waals surface area contributed by atoms with Crippen molar-refractivity contribution in [2.75, 3.05) is 18.7 Å². The van der Waals surface area contributed by atoms with Crippen molar-refractivity contribution in [1.82, 2.24) is 10.2 Å². The third-order valence-electron chi connectivity index (χ3n) is 2.72. The molecule has 1 N–H and O–H groups in total. The normalized spacial score (nSPS) is 19.3. The number of halogens is 1. The molecule has 1 aromatic carbocycles. The van der Waals surface area contributed by atoms with Crippen molar-refractivity contribution in [3.05, 3.63) is 34.3 Å². The van der Waals surface area contributed by atoms with Gasteiger partial charge in [-0.05, 0) is 17.7 Å². The molecule has 0 aromatic heterocycles. The summed E-state index contributed by atoms with van der Waals surface area (Å²) in [5, 5.41) is 3.20. The van der Waals surface area contributed by atoms with E-state index in [2.05, 4.69) is 21.2 Å². The molecule has 1 aliphatic rings. The molecule has 0 aliphatic carbocycles. The molecule has 1 aromatic rings. The van der Waals surface area contributed by atoms with Crippen molar-refractivity contribution >= 4 is 33.6 Å². The monoisotopic (exact) mass is 314 g/mol. The van der Waals surface area contributed by atoms with Gasteiger partial charge in [-0.2, -0.15) is 0 Å². The van der Waals surface area contributed by atoms with E-state index in [1.807, 2.05) is 31.3 Å². The standard InChI is InChI=1S/C12H15BrN2OS/c1-15(12(16)11-7-17-8-14-11)6-9-2-4-10(13)5-3-9/h2-5,11,14H,6-8H2,1H3. The Labute approximate surface area is 114 Å². The number of likely N-dealkylation sites (N-methyl/N-ethyl adjacent to an activating group) is 1. The lowest BCUT2D eigenvalue weighted by atomic mass is 10.2. The number of nitrogens with zero attached hydrogens (tertiary/aromatic N) is 1. The molecule has 17 heavy (non-hydrogen) atoms. The van der Waals surface area contributed by atoms with Gasteiger partial charge in [-0.1, -0.05) is 28.1 Å². The maximum atomic E-state index is 12.1. The minimum absolute atomic E-state index is 0.0135. The Morgan fingerprint density at radius 1 is 1.53 bits per heavy atom. The molecule has 1 saturated heterocycles. The van der Waals surface area contributed by atoms with Crippen LogP contribution in [0.15, 0.2) is 28.7 Å². The highest BCUT2D eigenvalue weighted by atomic mass is 79.9.